The van der Waals surface area contributed by atoms with Gasteiger partial charge in [0.25, 0.3) is 0 Å². The van der Waals surface area contributed by atoms with Crippen LogP contribution in [0.5, 0.6) is 0 Å². The molecule has 0 amide bonds. The molecule has 3 nitrogen and oxygen atoms in total. The Labute approximate surface area is 118 Å². The predicted molar refractivity (Wildman–Crippen MR) is 78.0 cm³/mol. The lowest BCUT2D eigenvalue weighted by molar-refractivity contribution is 0.0243. The molecule has 2 aliphatic rings. The summed E-state index contributed by atoms with van der Waals surface area (Å²) in [4.78, 5) is 0. The Kier molecular flexibility index (Phi) is 8.35. The van der Waals surface area contributed by atoms with E-state index in [1.54, 1.807) is 0 Å². The van der Waals surface area contributed by atoms with Crippen molar-refractivity contribution in [3.8, 4) is 0 Å². The Morgan fingerprint density at radius 2 is 1.84 bits per heavy atom. The third-order valence-electron chi connectivity index (χ3n) is 4.27. The van der Waals surface area contributed by atoms with Gasteiger partial charge in [0.05, 0.1) is 18.3 Å². The molecule has 0 aromatic heterocycles. The molecule has 1 saturated heterocycles. The van der Waals surface area contributed by atoms with Gasteiger partial charge in [-0.05, 0) is 25.7 Å². The highest BCUT2D eigenvalue weighted by Crippen LogP contribution is 2.28. The van der Waals surface area contributed by atoms with Crippen molar-refractivity contribution in [3.05, 3.63) is 13.2 Å². The summed E-state index contributed by atoms with van der Waals surface area (Å²) in [7, 11) is 0. The van der Waals surface area contributed by atoms with Gasteiger partial charge >= 0.3 is 0 Å². The van der Waals surface area contributed by atoms with E-state index < -0.39 is 0 Å². The summed E-state index contributed by atoms with van der Waals surface area (Å²) in [6, 6.07) is 0. The Morgan fingerprint density at radius 3 is 2.42 bits per heavy atom. The van der Waals surface area contributed by atoms with Gasteiger partial charge in [0.2, 0.25) is 0 Å². The fraction of sp³-hybridized carbons (Fsp3) is 0.875. The molecule has 1 heterocycles. The molecule has 1 saturated carbocycles. The van der Waals surface area contributed by atoms with Crippen LogP contribution in [0.15, 0.2) is 13.2 Å². The zero-order chi connectivity index (χ0) is 14.1. The second kappa shape index (κ2) is 9.51. The maximum atomic E-state index is 10.0. The lowest BCUT2D eigenvalue weighted by Gasteiger charge is -2.23. The first kappa shape index (κ1) is 16.7. The first-order valence-electron chi connectivity index (χ1n) is 7.67. The summed E-state index contributed by atoms with van der Waals surface area (Å²) in [6.07, 6.45) is 9.77. The van der Waals surface area contributed by atoms with E-state index in [0.717, 1.165) is 18.8 Å². The van der Waals surface area contributed by atoms with Gasteiger partial charge in [-0.3, -0.25) is 0 Å². The van der Waals surface area contributed by atoms with E-state index in [0.29, 0.717) is 6.79 Å². The summed E-state index contributed by atoms with van der Waals surface area (Å²) in [6.45, 7) is 8.41. The Morgan fingerprint density at radius 1 is 1.16 bits per heavy atom. The molecular formula is C16H30O3. The van der Waals surface area contributed by atoms with Gasteiger partial charge in [0.15, 0.2) is 0 Å². The molecule has 0 spiro atoms. The highest BCUT2D eigenvalue weighted by Gasteiger charge is 2.27. The van der Waals surface area contributed by atoms with E-state index >= 15 is 0 Å². The molecular weight excluding hydrogens is 240 g/mol. The van der Waals surface area contributed by atoms with Crippen LogP contribution in [0.4, 0.5) is 0 Å². The lowest BCUT2D eigenvalue weighted by Crippen LogP contribution is -2.25. The second-order valence-corrected chi connectivity index (χ2v) is 5.67. The Hall–Kier alpha value is -0.380. The van der Waals surface area contributed by atoms with Gasteiger partial charge in [-0.15, -0.1) is 13.2 Å². The number of ether oxygens (including phenoxy) is 2. The van der Waals surface area contributed by atoms with Crippen molar-refractivity contribution in [3.63, 3.8) is 0 Å². The van der Waals surface area contributed by atoms with Crippen molar-refractivity contribution >= 4 is 0 Å². The molecule has 1 aliphatic heterocycles. The van der Waals surface area contributed by atoms with Crippen LogP contribution >= 0.6 is 0 Å². The molecule has 19 heavy (non-hydrogen) atoms. The third-order valence-corrected chi connectivity index (χ3v) is 4.27. The smallest absolute Gasteiger partial charge is 0.147 e. The highest BCUT2D eigenvalue weighted by atomic mass is 16.7. The third kappa shape index (κ3) is 6.07. The van der Waals surface area contributed by atoms with E-state index in [1.165, 1.54) is 38.5 Å². The van der Waals surface area contributed by atoms with Crippen molar-refractivity contribution in [1.82, 2.24) is 0 Å². The van der Waals surface area contributed by atoms with Crippen LogP contribution in [0, 0.1) is 5.92 Å². The average Bonchev–Trinajstić information content (AvgIpc) is 2.85. The van der Waals surface area contributed by atoms with Crippen LogP contribution in [0.25, 0.3) is 0 Å². The zero-order valence-corrected chi connectivity index (χ0v) is 12.4. The van der Waals surface area contributed by atoms with Gasteiger partial charge in [-0.1, -0.05) is 32.1 Å². The molecule has 0 aromatic carbocycles. The number of hydrogen-bond donors (Lipinski definition) is 1. The normalized spacial score (nSPS) is 29.6. The van der Waals surface area contributed by atoms with Gasteiger partial charge < -0.3 is 14.6 Å². The summed E-state index contributed by atoms with van der Waals surface area (Å²) in [5.41, 5.74) is 0. The minimum atomic E-state index is -0.217. The summed E-state index contributed by atoms with van der Waals surface area (Å²) < 4.78 is 10.8. The van der Waals surface area contributed by atoms with E-state index in [2.05, 4.69) is 13.2 Å². The van der Waals surface area contributed by atoms with Crippen molar-refractivity contribution in [2.24, 2.45) is 5.92 Å². The molecule has 2 rings (SSSR count). The maximum absolute atomic E-state index is 10.0. The van der Waals surface area contributed by atoms with Crippen LogP contribution < -0.4 is 0 Å². The van der Waals surface area contributed by atoms with Gasteiger partial charge in [-0.2, -0.15) is 0 Å². The predicted octanol–water partition coefficient (Wildman–Crippen LogP) is 3.66. The van der Waals surface area contributed by atoms with E-state index in [4.69, 9.17) is 9.47 Å². The molecule has 1 aliphatic carbocycles. The second-order valence-electron chi connectivity index (χ2n) is 5.67. The van der Waals surface area contributed by atoms with Gasteiger partial charge in [0.1, 0.15) is 6.79 Å². The molecule has 2 fully saturated rings. The SMILES string of the molecule is C=C.CC1OCOC1CC(O)CCC1CCCCC1. The van der Waals surface area contributed by atoms with Crippen molar-refractivity contribution in [2.45, 2.75) is 76.6 Å². The van der Waals surface area contributed by atoms with Crippen LogP contribution in [0.3, 0.4) is 0 Å². The molecule has 0 radical (unpaired) electrons. The van der Waals surface area contributed by atoms with E-state index in [1.807, 2.05) is 6.92 Å². The molecule has 0 bridgehead atoms. The molecule has 3 unspecified atom stereocenters. The van der Waals surface area contributed by atoms with Crippen LogP contribution in [0.1, 0.15) is 58.3 Å². The topological polar surface area (TPSA) is 38.7 Å². The fourth-order valence-electron chi connectivity index (χ4n) is 3.03. The number of aliphatic hydroxyl groups is 1. The average molecular weight is 270 g/mol. The molecule has 112 valence electrons. The zero-order valence-electron chi connectivity index (χ0n) is 12.4. The van der Waals surface area contributed by atoms with Gasteiger partial charge in [0, 0.05) is 6.42 Å². The monoisotopic (exact) mass is 270 g/mol. The van der Waals surface area contributed by atoms with Crippen molar-refractivity contribution in [1.29, 1.82) is 0 Å². The Balaban J connectivity index is 0.000000861. The quantitative estimate of drug-likeness (QED) is 0.775. The standard InChI is InChI=1S/C14H26O3.C2H4/c1-11-14(17-10-16-11)9-13(15)8-7-12-5-3-2-4-6-12;1-2/h11-15H,2-10H2,1H3;1-2H2. The first-order valence-corrected chi connectivity index (χ1v) is 7.67. The van der Waals surface area contributed by atoms with Gasteiger partial charge in [-0.25, -0.2) is 0 Å². The van der Waals surface area contributed by atoms with Crippen LogP contribution in [-0.4, -0.2) is 30.2 Å². The minimum Gasteiger partial charge on any atom is -0.393 e. The fourth-order valence-corrected chi connectivity index (χ4v) is 3.03. The first-order chi connectivity index (χ1) is 9.25. The molecule has 3 heteroatoms. The van der Waals surface area contributed by atoms with Crippen LogP contribution in [0.2, 0.25) is 0 Å². The summed E-state index contributed by atoms with van der Waals surface area (Å²) >= 11 is 0. The molecule has 3 atom stereocenters. The Bertz CT molecular complexity index is 226. The van der Waals surface area contributed by atoms with Crippen molar-refractivity contribution < 1.29 is 14.6 Å². The minimum absolute atomic E-state index is 0.0938. The lowest BCUT2D eigenvalue weighted by atomic mass is 9.85. The number of aliphatic hydroxyl groups excluding tert-OH is 1. The summed E-state index contributed by atoms with van der Waals surface area (Å²) in [5.74, 6) is 0.858. The number of hydrogen-bond acceptors (Lipinski definition) is 3. The maximum Gasteiger partial charge on any atom is 0.147 e. The molecule has 1 N–H and O–H groups in total. The summed E-state index contributed by atoms with van der Waals surface area (Å²) in [5, 5.41) is 10.0. The van der Waals surface area contributed by atoms with Crippen LogP contribution in [-0.2, 0) is 9.47 Å². The molecule has 0 aromatic rings. The largest absolute Gasteiger partial charge is 0.393 e. The van der Waals surface area contributed by atoms with E-state index in [9.17, 15) is 5.11 Å². The highest BCUT2D eigenvalue weighted by molar-refractivity contribution is 4.75. The van der Waals surface area contributed by atoms with E-state index in [-0.39, 0.29) is 18.3 Å². The number of rotatable bonds is 5. The van der Waals surface area contributed by atoms with Crippen molar-refractivity contribution in [2.75, 3.05) is 6.79 Å².